The molecule has 2 aromatic rings. The molecule has 0 atom stereocenters. The van der Waals surface area contributed by atoms with Gasteiger partial charge in [0.1, 0.15) is 5.15 Å². The third kappa shape index (κ3) is 3.58. The molecule has 1 aromatic carbocycles. The second-order valence-electron chi connectivity index (χ2n) is 3.17. The summed E-state index contributed by atoms with van der Waals surface area (Å²) >= 11 is 16.7. The Kier molecular flexibility index (Phi) is 4.68. The van der Waals surface area contributed by atoms with Crippen LogP contribution in [0.2, 0.25) is 10.2 Å². The zero-order chi connectivity index (χ0) is 12.3. The van der Waals surface area contributed by atoms with Gasteiger partial charge in [-0.3, -0.25) is 0 Å². The highest BCUT2D eigenvalue weighted by Gasteiger charge is 2.05. The van der Waals surface area contributed by atoms with Gasteiger partial charge >= 0.3 is 0 Å². The highest BCUT2D eigenvalue weighted by Crippen LogP contribution is 2.26. The van der Waals surface area contributed by atoms with Gasteiger partial charge in [0, 0.05) is 17.0 Å². The van der Waals surface area contributed by atoms with Crippen molar-refractivity contribution >= 4 is 50.9 Å². The Morgan fingerprint density at radius 1 is 1.24 bits per heavy atom. The lowest BCUT2D eigenvalue weighted by Crippen LogP contribution is -1.89. The molecule has 88 valence electrons. The van der Waals surface area contributed by atoms with E-state index in [1.807, 2.05) is 24.3 Å². The van der Waals surface area contributed by atoms with E-state index in [2.05, 4.69) is 25.9 Å². The molecule has 0 fully saturated rings. The van der Waals surface area contributed by atoms with Crippen LogP contribution in [0.5, 0.6) is 0 Å². The Morgan fingerprint density at radius 3 is 2.71 bits per heavy atom. The summed E-state index contributed by atoms with van der Waals surface area (Å²) in [7, 11) is 0. The lowest BCUT2D eigenvalue weighted by molar-refractivity contribution is 0.958. The Bertz CT molecular complexity index is 537. The molecule has 2 rings (SSSR count). The molecule has 1 aromatic heterocycles. The number of benzene rings is 1. The monoisotopic (exact) mass is 348 g/mol. The molecule has 0 radical (unpaired) electrons. The molecule has 0 unspecified atom stereocenters. The van der Waals surface area contributed by atoms with Crippen molar-refractivity contribution in [2.45, 2.75) is 10.9 Å². The fourth-order valence-corrected chi connectivity index (χ4v) is 2.63. The van der Waals surface area contributed by atoms with E-state index in [1.165, 1.54) is 11.8 Å². The Morgan fingerprint density at radius 2 is 2.00 bits per heavy atom. The number of aromatic nitrogens is 2. The maximum Gasteiger partial charge on any atom is 0.189 e. The van der Waals surface area contributed by atoms with Gasteiger partial charge < -0.3 is 0 Å². The van der Waals surface area contributed by atoms with E-state index in [0.717, 1.165) is 16.3 Å². The summed E-state index contributed by atoms with van der Waals surface area (Å²) in [6.07, 6.45) is 1.64. The van der Waals surface area contributed by atoms with Crippen molar-refractivity contribution in [2.24, 2.45) is 0 Å². The molecule has 0 amide bonds. The first kappa shape index (κ1) is 13.1. The minimum absolute atomic E-state index is 0.418. The molecule has 0 N–H and O–H groups in total. The topological polar surface area (TPSA) is 25.8 Å². The average molecular weight is 350 g/mol. The summed E-state index contributed by atoms with van der Waals surface area (Å²) in [6.45, 7) is 0. The Labute approximate surface area is 122 Å². The number of hydrogen-bond donors (Lipinski definition) is 0. The zero-order valence-electron chi connectivity index (χ0n) is 8.53. The average Bonchev–Trinajstić information content (AvgIpc) is 2.32. The van der Waals surface area contributed by atoms with Crippen LogP contribution in [0, 0.1) is 0 Å². The first-order valence-corrected chi connectivity index (χ1v) is 7.24. The minimum atomic E-state index is 0.418. The van der Waals surface area contributed by atoms with E-state index in [0.29, 0.717) is 14.8 Å². The number of halogens is 3. The van der Waals surface area contributed by atoms with E-state index in [9.17, 15) is 0 Å². The molecule has 0 aliphatic carbocycles. The fraction of sp³-hybridized carbons (Fsp3) is 0.0909. The van der Waals surface area contributed by atoms with E-state index < -0.39 is 0 Å². The van der Waals surface area contributed by atoms with Crippen molar-refractivity contribution in [3.8, 4) is 0 Å². The van der Waals surface area contributed by atoms with Gasteiger partial charge in [0.15, 0.2) is 5.16 Å². The van der Waals surface area contributed by atoms with Crippen LogP contribution in [0.15, 0.2) is 40.1 Å². The van der Waals surface area contributed by atoms with Crippen molar-refractivity contribution in [3.05, 3.63) is 50.7 Å². The summed E-state index contributed by atoms with van der Waals surface area (Å²) in [6, 6.07) is 7.71. The predicted octanol–water partition coefficient (Wildman–Crippen LogP) is 4.84. The van der Waals surface area contributed by atoms with Crippen LogP contribution >= 0.6 is 50.9 Å². The maximum atomic E-state index is 6.06. The molecule has 0 bridgehead atoms. The van der Waals surface area contributed by atoms with Crippen LogP contribution in [-0.4, -0.2) is 9.97 Å². The zero-order valence-corrected chi connectivity index (χ0v) is 12.4. The molecule has 0 aliphatic rings. The van der Waals surface area contributed by atoms with Crippen LogP contribution in [-0.2, 0) is 5.75 Å². The standard InChI is InChI=1S/C11H7BrCl2N2S/c12-8-5-15-11(16-10(8)14)17-6-7-3-1-2-4-9(7)13/h1-5H,6H2. The molecule has 0 aliphatic heterocycles. The van der Waals surface area contributed by atoms with Gasteiger partial charge in [-0.05, 0) is 27.6 Å². The number of thioether (sulfide) groups is 1. The lowest BCUT2D eigenvalue weighted by Gasteiger charge is -2.03. The number of hydrogen-bond acceptors (Lipinski definition) is 3. The quantitative estimate of drug-likeness (QED) is 0.450. The van der Waals surface area contributed by atoms with Crippen LogP contribution in [0.25, 0.3) is 0 Å². The molecular formula is C11H7BrCl2N2S. The van der Waals surface area contributed by atoms with Crippen molar-refractivity contribution in [1.82, 2.24) is 9.97 Å². The summed E-state index contributed by atoms with van der Waals surface area (Å²) < 4.78 is 0.696. The van der Waals surface area contributed by atoms with Crippen molar-refractivity contribution < 1.29 is 0 Å². The highest BCUT2D eigenvalue weighted by molar-refractivity contribution is 9.10. The summed E-state index contributed by atoms with van der Waals surface area (Å²) in [5.41, 5.74) is 1.06. The SMILES string of the molecule is Clc1ccccc1CSc1ncc(Br)c(Cl)n1. The molecule has 0 saturated heterocycles. The number of nitrogens with zero attached hydrogens (tertiary/aromatic N) is 2. The van der Waals surface area contributed by atoms with Crippen molar-refractivity contribution in [3.63, 3.8) is 0 Å². The molecule has 2 nitrogen and oxygen atoms in total. The first-order valence-electron chi connectivity index (χ1n) is 4.71. The first-order chi connectivity index (χ1) is 8.16. The van der Waals surface area contributed by atoms with Crippen molar-refractivity contribution in [2.75, 3.05) is 0 Å². The molecule has 17 heavy (non-hydrogen) atoms. The Balaban J connectivity index is 2.08. The van der Waals surface area contributed by atoms with E-state index in [1.54, 1.807) is 6.20 Å². The second-order valence-corrected chi connectivity index (χ2v) is 5.73. The van der Waals surface area contributed by atoms with Gasteiger partial charge in [-0.2, -0.15) is 0 Å². The smallest absolute Gasteiger partial charge is 0.189 e. The van der Waals surface area contributed by atoms with Gasteiger partial charge in [-0.1, -0.05) is 53.2 Å². The largest absolute Gasteiger partial charge is 0.230 e. The third-order valence-corrected chi connectivity index (χ3v) is 4.37. The van der Waals surface area contributed by atoms with Gasteiger partial charge in [0.25, 0.3) is 0 Å². The fourth-order valence-electron chi connectivity index (χ4n) is 1.16. The van der Waals surface area contributed by atoms with Crippen LogP contribution in [0.4, 0.5) is 0 Å². The number of rotatable bonds is 3. The normalized spacial score (nSPS) is 10.5. The predicted molar refractivity (Wildman–Crippen MR) is 75.8 cm³/mol. The summed E-state index contributed by atoms with van der Waals surface area (Å²) in [4.78, 5) is 8.31. The second kappa shape index (κ2) is 6.05. The summed E-state index contributed by atoms with van der Waals surface area (Å²) in [5.74, 6) is 0.720. The summed E-state index contributed by atoms with van der Waals surface area (Å²) in [5, 5.41) is 1.81. The van der Waals surface area contributed by atoms with Gasteiger partial charge in [0.2, 0.25) is 0 Å². The maximum absolute atomic E-state index is 6.06. The van der Waals surface area contributed by atoms with Crippen molar-refractivity contribution in [1.29, 1.82) is 0 Å². The van der Waals surface area contributed by atoms with Gasteiger partial charge in [-0.15, -0.1) is 0 Å². The van der Waals surface area contributed by atoms with Crippen LogP contribution in [0.1, 0.15) is 5.56 Å². The Hall–Kier alpha value is -0.290. The lowest BCUT2D eigenvalue weighted by atomic mass is 10.2. The van der Waals surface area contributed by atoms with Gasteiger partial charge in [0.05, 0.1) is 4.47 Å². The molecule has 1 heterocycles. The molecule has 0 spiro atoms. The molecular weight excluding hydrogens is 343 g/mol. The van der Waals surface area contributed by atoms with Gasteiger partial charge in [-0.25, -0.2) is 9.97 Å². The molecule has 0 saturated carbocycles. The van der Waals surface area contributed by atoms with Crippen LogP contribution in [0.3, 0.4) is 0 Å². The minimum Gasteiger partial charge on any atom is -0.230 e. The third-order valence-electron chi connectivity index (χ3n) is 1.99. The van der Waals surface area contributed by atoms with E-state index in [-0.39, 0.29) is 0 Å². The van der Waals surface area contributed by atoms with E-state index in [4.69, 9.17) is 23.2 Å². The highest BCUT2D eigenvalue weighted by atomic mass is 79.9. The molecule has 6 heteroatoms. The van der Waals surface area contributed by atoms with Crippen LogP contribution < -0.4 is 0 Å². The van der Waals surface area contributed by atoms with E-state index >= 15 is 0 Å².